The number of nitrogens with one attached hydrogen (secondary N) is 1. The van der Waals surface area contributed by atoms with Gasteiger partial charge >= 0.3 is 0 Å². The Morgan fingerprint density at radius 3 is 2.40 bits per heavy atom. The third-order valence-corrected chi connectivity index (χ3v) is 3.30. The molecule has 1 heterocycles. The van der Waals surface area contributed by atoms with Crippen LogP contribution in [0.2, 0.25) is 0 Å². The summed E-state index contributed by atoms with van der Waals surface area (Å²) in [6.45, 7) is 14.0. The van der Waals surface area contributed by atoms with Crippen LogP contribution in [-0.2, 0) is 0 Å². The normalized spacial score (nSPS) is 28.0. The molecule has 90 valence electrons. The van der Waals surface area contributed by atoms with E-state index in [0.29, 0.717) is 12.1 Å². The van der Waals surface area contributed by atoms with Crippen molar-refractivity contribution < 1.29 is 0 Å². The van der Waals surface area contributed by atoms with Gasteiger partial charge in [-0.05, 0) is 46.1 Å². The van der Waals surface area contributed by atoms with Crippen molar-refractivity contribution in [2.24, 2.45) is 5.92 Å². The molecule has 2 nitrogen and oxygen atoms in total. The van der Waals surface area contributed by atoms with Gasteiger partial charge in [0, 0.05) is 24.7 Å². The van der Waals surface area contributed by atoms with E-state index < -0.39 is 0 Å². The third kappa shape index (κ3) is 4.12. The summed E-state index contributed by atoms with van der Waals surface area (Å²) in [6, 6.07) is 2.17. The second-order valence-corrected chi connectivity index (χ2v) is 5.72. The smallest absolute Gasteiger partial charge is 0.0125 e. The Kier molecular flexibility index (Phi) is 5.07. The van der Waals surface area contributed by atoms with Crippen LogP contribution in [-0.4, -0.2) is 36.1 Å². The largest absolute Gasteiger partial charge is 0.314 e. The molecule has 2 atom stereocenters. The lowest BCUT2D eigenvalue weighted by Gasteiger charge is -2.40. The van der Waals surface area contributed by atoms with E-state index in [1.807, 2.05) is 0 Å². The highest BCUT2D eigenvalue weighted by molar-refractivity contribution is 4.84. The van der Waals surface area contributed by atoms with Gasteiger partial charge in [0.15, 0.2) is 0 Å². The molecule has 1 saturated heterocycles. The molecule has 0 saturated carbocycles. The fourth-order valence-electron chi connectivity index (χ4n) is 2.61. The van der Waals surface area contributed by atoms with Crippen LogP contribution in [0.3, 0.4) is 0 Å². The third-order valence-electron chi connectivity index (χ3n) is 3.30. The average Bonchev–Trinajstić information content (AvgIpc) is 2.13. The Balaban J connectivity index is 2.54. The van der Waals surface area contributed by atoms with E-state index in [0.717, 1.165) is 12.0 Å². The van der Waals surface area contributed by atoms with Crippen LogP contribution < -0.4 is 5.32 Å². The molecule has 0 amide bonds. The number of hydrogen-bond acceptors (Lipinski definition) is 2. The van der Waals surface area contributed by atoms with Crippen molar-refractivity contribution in [3.8, 4) is 0 Å². The van der Waals surface area contributed by atoms with Crippen molar-refractivity contribution in [2.45, 2.75) is 65.6 Å². The van der Waals surface area contributed by atoms with Crippen LogP contribution in [0.15, 0.2) is 0 Å². The van der Waals surface area contributed by atoms with Gasteiger partial charge < -0.3 is 5.32 Å². The Morgan fingerprint density at radius 1 is 1.27 bits per heavy atom. The maximum absolute atomic E-state index is 3.53. The molecular formula is C13H28N2. The lowest BCUT2D eigenvalue weighted by atomic mass is 9.97. The molecule has 0 aromatic carbocycles. The summed E-state index contributed by atoms with van der Waals surface area (Å²) in [5.41, 5.74) is 0. The maximum Gasteiger partial charge on any atom is 0.0125 e. The fraction of sp³-hybridized carbons (Fsp3) is 1.00. The number of rotatable bonds is 4. The van der Waals surface area contributed by atoms with Gasteiger partial charge in [-0.25, -0.2) is 0 Å². The van der Waals surface area contributed by atoms with Crippen molar-refractivity contribution >= 4 is 0 Å². The molecule has 0 aromatic heterocycles. The molecular weight excluding hydrogens is 184 g/mol. The number of hydrogen-bond donors (Lipinski definition) is 1. The topological polar surface area (TPSA) is 15.3 Å². The van der Waals surface area contributed by atoms with E-state index in [4.69, 9.17) is 0 Å². The van der Waals surface area contributed by atoms with Crippen molar-refractivity contribution in [2.75, 3.05) is 13.1 Å². The standard InChI is InChI=1S/C13H28N2/c1-10(2)9-15(11(3)4)13-6-7-14-12(5)8-13/h10-14H,6-9H2,1-5H3. The minimum atomic E-state index is 0.683. The van der Waals surface area contributed by atoms with Gasteiger partial charge in [0.05, 0.1) is 0 Å². The van der Waals surface area contributed by atoms with Gasteiger partial charge in [-0.15, -0.1) is 0 Å². The lowest BCUT2D eigenvalue weighted by molar-refractivity contribution is 0.0998. The van der Waals surface area contributed by atoms with E-state index in [1.165, 1.54) is 25.9 Å². The van der Waals surface area contributed by atoms with Crippen LogP contribution >= 0.6 is 0 Å². The van der Waals surface area contributed by atoms with Crippen LogP contribution in [0.5, 0.6) is 0 Å². The van der Waals surface area contributed by atoms with Gasteiger partial charge in [-0.3, -0.25) is 4.90 Å². The van der Waals surface area contributed by atoms with Crippen molar-refractivity contribution in [1.82, 2.24) is 10.2 Å². The van der Waals surface area contributed by atoms with Gasteiger partial charge in [0.2, 0.25) is 0 Å². The maximum atomic E-state index is 3.53. The Labute approximate surface area is 95.4 Å². The monoisotopic (exact) mass is 212 g/mol. The molecule has 15 heavy (non-hydrogen) atoms. The summed E-state index contributed by atoms with van der Waals surface area (Å²) in [5.74, 6) is 0.776. The fourth-order valence-corrected chi connectivity index (χ4v) is 2.61. The first-order chi connectivity index (χ1) is 7.00. The highest BCUT2D eigenvalue weighted by Crippen LogP contribution is 2.19. The zero-order valence-electron chi connectivity index (χ0n) is 11.1. The van der Waals surface area contributed by atoms with Crippen LogP contribution in [0.25, 0.3) is 0 Å². The first kappa shape index (κ1) is 13.0. The summed E-state index contributed by atoms with van der Waals surface area (Å²) in [7, 11) is 0. The van der Waals surface area contributed by atoms with Gasteiger partial charge in [0.1, 0.15) is 0 Å². The minimum Gasteiger partial charge on any atom is -0.314 e. The molecule has 0 spiro atoms. The summed E-state index contributed by atoms with van der Waals surface area (Å²) < 4.78 is 0. The molecule has 0 aliphatic carbocycles. The SMILES string of the molecule is CC(C)CN(C(C)C)C1CCNC(C)C1. The lowest BCUT2D eigenvalue weighted by Crippen LogP contribution is -2.50. The Bertz CT molecular complexity index is 177. The van der Waals surface area contributed by atoms with Gasteiger partial charge in [-0.2, -0.15) is 0 Å². The summed E-state index contributed by atoms with van der Waals surface area (Å²) in [4.78, 5) is 2.70. The second kappa shape index (κ2) is 5.86. The van der Waals surface area contributed by atoms with E-state index in [-0.39, 0.29) is 0 Å². The van der Waals surface area contributed by atoms with E-state index in [2.05, 4.69) is 44.8 Å². The van der Waals surface area contributed by atoms with Gasteiger partial charge in [-0.1, -0.05) is 13.8 Å². The Hall–Kier alpha value is -0.0800. The van der Waals surface area contributed by atoms with Crippen LogP contribution in [0.1, 0.15) is 47.5 Å². The average molecular weight is 212 g/mol. The summed E-state index contributed by atoms with van der Waals surface area (Å²) >= 11 is 0. The van der Waals surface area contributed by atoms with E-state index in [9.17, 15) is 0 Å². The van der Waals surface area contributed by atoms with Crippen LogP contribution in [0.4, 0.5) is 0 Å². The molecule has 2 heteroatoms. The van der Waals surface area contributed by atoms with Crippen molar-refractivity contribution in [3.05, 3.63) is 0 Å². The van der Waals surface area contributed by atoms with Crippen LogP contribution in [0, 0.1) is 5.92 Å². The summed E-state index contributed by atoms with van der Waals surface area (Å²) in [5, 5.41) is 3.53. The molecule has 1 aliphatic heterocycles. The predicted octanol–water partition coefficient (Wildman–Crippen LogP) is 2.49. The molecule has 1 aliphatic rings. The first-order valence-corrected chi connectivity index (χ1v) is 6.49. The molecule has 2 unspecified atom stereocenters. The highest BCUT2D eigenvalue weighted by atomic mass is 15.2. The Morgan fingerprint density at radius 2 is 1.93 bits per heavy atom. The molecule has 0 radical (unpaired) electrons. The van der Waals surface area contributed by atoms with E-state index >= 15 is 0 Å². The molecule has 0 bridgehead atoms. The molecule has 0 aromatic rings. The second-order valence-electron chi connectivity index (χ2n) is 5.72. The first-order valence-electron chi connectivity index (χ1n) is 6.49. The molecule has 1 fully saturated rings. The quantitative estimate of drug-likeness (QED) is 0.770. The predicted molar refractivity (Wildman–Crippen MR) is 67.2 cm³/mol. The zero-order chi connectivity index (χ0) is 11.4. The molecule has 1 N–H and O–H groups in total. The highest BCUT2D eigenvalue weighted by Gasteiger charge is 2.26. The number of piperidine rings is 1. The minimum absolute atomic E-state index is 0.683. The van der Waals surface area contributed by atoms with Crippen molar-refractivity contribution in [3.63, 3.8) is 0 Å². The molecule has 1 rings (SSSR count). The van der Waals surface area contributed by atoms with Gasteiger partial charge in [0.25, 0.3) is 0 Å². The number of nitrogens with zero attached hydrogens (tertiary/aromatic N) is 1. The summed E-state index contributed by atoms with van der Waals surface area (Å²) in [6.07, 6.45) is 2.63. The van der Waals surface area contributed by atoms with E-state index in [1.54, 1.807) is 0 Å². The zero-order valence-corrected chi connectivity index (χ0v) is 11.1. The van der Waals surface area contributed by atoms with Crippen molar-refractivity contribution in [1.29, 1.82) is 0 Å².